The largest absolute Gasteiger partial charge is 0.508 e. The zero-order chi connectivity index (χ0) is 14.1. The molecule has 4 heteroatoms. The Labute approximate surface area is 121 Å². The number of phenolic OH excluding ortho intramolecular Hbond substituents is 1. The summed E-state index contributed by atoms with van der Waals surface area (Å²) in [6, 6.07) is 6.40. The van der Waals surface area contributed by atoms with Gasteiger partial charge in [-0.1, -0.05) is 6.07 Å². The number of piperazine rings is 1. The molecule has 0 spiro atoms. The van der Waals surface area contributed by atoms with Crippen molar-refractivity contribution in [2.24, 2.45) is 0 Å². The van der Waals surface area contributed by atoms with E-state index in [9.17, 15) is 5.11 Å². The monoisotopic (exact) mass is 275 g/mol. The van der Waals surface area contributed by atoms with Gasteiger partial charge in [-0.3, -0.25) is 0 Å². The number of nitrogens with one attached hydrogen (secondary N) is 1. The van der Waals surface area contributed by atoms with E-state index in [1.807, 2.05) is 12.1 Å². The molecule has 2 N–H and O–H groups in total. The second-order valence-corrected chi connectivity index (χ2v) is 6.20. The Morgan fingerprint density at radius 2 is 2.05 bits per heavy atom. The van der Waals surface area contributed by atoms with Crippen LogP contribution in [-0.4, -0.2) is 55.3 Å². The molecule has 2 aliphatic rings. The van der Waals surface area contributed by atoms with Gasteiger partial charge in [-0.25, -0.2) is 0 Å². The highest BCUT2D eigenvalue weighted by Gasteiger charge is 2.33. The Morgan fingerprint density at radius 1 is 1.30 bits per heavy atom. The molecule has 1 fully saturated rings. The van der Waals surface area contributed by atoms with Crippen LogP contribution in [0.5, 0.6) is 5.75 Å². The molecule has 0 amide bonds. The molecular weight excluding hydrogens is 250 g/mol. The minimum absolute atomic E-state index is 0.423. The maximum absolute atomic E-state index is 10.3. The highest BCUT2D eigenvalue weighted by atomic mass is 16.3. The number of aromatic hydroxyl groups is 1. The van der Waals surface area contributed by atoms with Gasteiger partial charge in [-0.05, 0) is 26.0 Å². The number of hydrogen-bond acceptors (Lipinski definition) is 4. The zero-order valence-electron chi connectivity index (χ0n) is 12.5. The first-order chi connectivity index (χ1) is 9.66. The molecule has 4 nitrogen and oxygen atoms in total. The van der Waals surface area contributed by atoms with E-state index in [1.54, 1.807) is 0 Å². The summed E-state index contributed by atoms with van der Waals surface area (Å²) in [5.74, 6) is 0.887. The third-order valence-electron chi connectivity index (χ3n) is 4.51. The molecule has 110 valence electrons. The highest BCUT2D eigenvalue weighted by molar-refractivity contribution is 5.65. The van der Waals surface area contributed by atoms with Crippen LogP contribution in [0.25, 0.3) is 0 Å². The fraction of sp³-hybridized carbons (Fsp3) is 0.625. The standard InChI is InChI=1S/C16H25N3O/c1-12(2)19-11-13(10-18-8-6-17-7-9-18)16-14(19)4-3-5-15(16)20/h3-5,12-13,17,20H,6-11H2,1-2H3. The van der Waals surface area contributed by atoms with Crippen LogP contribution < -0.4 is 10.2 Å². The third-order valence-corrected chi connectivity index (χ3v) is 4.51. The van der Waals surface area contributed by atoms with Crippen molar-refractivity contribution >= 4 is 5.69 Å². The molecule has 1 unspecified atom stereocenters. The molecule has 0 radical (unpaired) electrons. The smallest absolute Gasteiger partial charge is 0.121 e. The van der Waals surface area contributed by atoms with Crippen molar-refractivity contribution in [3.8, 4) is 5.75 Å². The summed E-state index contributed by atoms with van der Waals surface area (Å²) >= 11 is 0. The van der Waals surface area contributed by atoms with Gasteiger partial charge in [0.2, 0.25) is 0 Å². The van der Waals surface area contributed by atoms with Crippen LogP contribution in [0.4, 0.5) is 5.69 Å². The van der Waals surface area contributed by atoms with Gasteiger partial charge >= 0.3 is 0 Å². The second kappa shape index (κ2) is 5.62. The molecule has 2 aliphatic heterocycles. The van der Waals surface area contributed by atoms with E-state index in [4.69, 9.17) is 0 Å². The number of nitrogens with zero attached hydrogens (tertiary/aromatic N) is 2. The molecule has 2 heterocycles. The molecule has 3 rings (SSSR count). The third kappa shape index (κ3) is 2.50. The number of anilines is 1. The number of hydrogen-bond donors (Lipinski definition) is 2. The topological polar surface area (TPSA) is 38.7 Å². The quantitative estimate of drug-likeness (QED) is 0.879. The van der Waals surface area contributed by atoms with Gasteiger partial charge in [-0.2, -0.15) is 0 Å². The molecule has 20 heavy (non-hydrogen) atoms. The first-order valence-electron chi connectivity index (χ1n) is 7.68. The first kappa shape index (κ1) is 13.7. The maximum atomic E-state index is 10.3. The number of benzene rings is 1. The summed E-state index contributed by atoms with van der Waals surface area (Å²) in [5, 5.41) is 13.7. The summed E-state index contributed by atoms with van der Waals surface area (Å²) in [6.45, 7) is 10.9. The van der Waals surface area contributed by atoms with Crippen LogP contribution in [0.15, 0.2) is 18.2 Å². The van der Waals surface area contributed by atoms with Crippen molar-refractivity contribution in [1.82, 2.24) is 10.2 Å². The van der Waals surface area contributed by atoms with Crippen LogP contribution >= 0.6 is 0 Å². The van der Waals surface area contributed by atoms with Gasteiger partial charge in [0, 0.05) is 62.5 Å². The average Bonchev–Trinajstić information content (AvgIpc) is 2.80. The van der Waals surface area contributed by atoms with E-state index in [1.165, 1.54) is 5.69 Å². The number of phenols is 1. The van der Waals surface area contributed by atoms with Crippen LogP contribution in [-0.2, 0) is 0 Å². The predicted octanol–water partition coefficient (Wildman–Crippen LogP) is 1.61. The van der Waals surface area contributed by atoms with Crippen molar-refractivity contribution in [3.05, 3.63) is 23.8 Å². The van der Waals surface area contributed by atoms with Crippen molar-refractivity contribution in [2.45, 2.75) is 25.8 Å². The normalized spacial score (nSPS) is 23.4. The Bertz CT molecular complexity index is 469. The number of fused-ring (bicyclic) bond motifs is 1. The van der Waals surface area contributed by atoms with Gasteiger partial charge < -0.3 is 20.2 Å². The lowest BCUT2D eigenvalue weighted by Gasteiger charge is -2.30. The minimum Gasteiger partial charge on any atom is -0.508 e. The summed E-state index contributed by atoms with van der Waals surface area (Å²) < 4.78 is 0. The van der Waals surface area contributed by atoms with Crippen molar-refractivity contribution in [2.75, 3.05) is 44.2 Å². The molecule has 0 aromatic heterocycles. The Kier molecular flexibility index (Phi) is 3.85. The predicted molar refractivity (Wildman–Crippen MR) is 82.6 cm³/mol. The first-order valence-corrected chi connectivity index (χ1v) is 7.68. The summed E-state index contributed by atoms with van der Waals surface area (Å²) in [5.41, 5.74) is 2.37. The summed E-state index contributed by atoms with van der Waals surface area (Å²) in [4.78, 5) is 4.93. The summed E-state index contributed by atoms with van der Waals surface area (Å²) in [7, 11) is 0. The molecule has 1 aromatic rings. The zero-order valence-corrected chi connectivity index (χ0v) is 12.5. The van der Waals surface area contributed by atoms with Crippen LogP contribution in [0.1, 0.15) is 25.3 Å². The summed E-state index contributed by atoms with van der Waals surface area (Å²) in [6.07, 6.45) is 0. The van der Waals surface area contributed by atoms with Crippen molar-refractivity contribution < 1.29 is 5.11 Å². The minimum atomic E-state index is 0.423. The van der Waals surface area contributed by atoms with Crippen LogP contribution in [0, 0.1) is 0 Å². The van der Waals surface area contributed by atoms with Gasteiger partial charge in [-0.15, -0.1) is 0 Å². The fourth-order valence-corrected chi connectivity index (χ4v) is 3.48. The van der Waals surface area contributed by atoms with Crippen LogP contribution in [0.2, 0.25) is 0 Å². The van der Waals surface area contributed by atoms with E-state index in [2.05, 4.69) is 35.0 Å². The lowest BCUT2D eigenvalue weighted by molar-refractivity contribution is 0.228. The van der Waals surface area contributed by atoms with Crippen molar-refractivity contribution in [3.63, 3.8) is 0 Å². The van der Waals surface area contributed by atoms with Crippen molar-refractivity contribution in [1.29, 1.82) is 0 Å². The van der Waals surface area contributed by atoms with E-state index in [0.717, 1.165) is 44.8 Å². The number of rotatable bonds is 3. The molecule has 0 saturated carbocycles. The maximum Gasteiger partial charge on any atom is 0.121 e. The molecule has 0 aliphatic carbocycles. The Morgan fingerprint density at radius 3 is 2.75 bits per heavy atom. The molecule has 1 saturated heterocycles. The highest BCUT2D eigenvalue weighted by Crippen LogP contribution is 2.42. The van der Waals surface area contributed by atoms with Gasteiger partial charge in [0.25, 0.3) is 0 Å². The fourth-order valence-electron chi connectivity index (χ4n) is 3.48. The Hall–Kier alpha value is -1.26. The van der Waals surface area contributed by atoms with E-state index in [-0.39, 0.29) is 0 Å². The van der Waals surface area contributed by atoms with Crippen LogP contribution in [0.3, 0.4) is 0 Å². The Balaban J connectivity index is 1.83. The van der Waals surface area contributed by atoms with Gasteiger partial charge in [0.15, 0.2) is 0 Å². The van der Waals surface area contributed by atoms with E-state index >= 15 is 0 Å². The van der Waals surface area contributed by atoms with E-state index in [0.29, 0.717) is 17.7 Å². The molecule has 1 atom stereocenters. The second-order valence-electron chi connectivity index (χ2n) is 6.20. The SMILES string of the molecule is CC(C)N1CC(CN2CCNCC2)c2c(O)cccc21. The lowest BCUT2D eigenvalue weighted by atomic mass is 9.99. The van der Waals surface area contributed by atoms with Gasteiger partial charge in [0.1, 0.15) is 5.75 Å². The molecular formula is C16H25N3O. The molecule has 0 bridgehead atoms. The average molecular weight is 275 g/mol. The van der Waals surface area contributed by atoms with E-state index < -0.39 is 0 Å². The lowest BCUT2D eigenvalue weighted by Crippen LogP contribution is -2.45. The molecule has 1 aromatic carbocycles. The van der Waals surface area contributed by atoms with Gasteiger partial charge in [0.05, 0.1) is 0 Å².